The van der Waals surface area contributed by atoms with Crippen LogP contribution in [-0.2, 0) is 0 Å². The number of benzene rings is 1. The van der Waals surface area contributed by atoms with Gasteiger partial charge in [0.1, 0.15) is 0 Å². The summed E-state index contributed by atoms with van der Waals surface area (Å²) < 4.78 is 2.39. The third-order valence-electron chi connectivity index (χ3n) is 1.93. The summed E-state index contributed by atoms with van der Waals surface area (Å²) in [5, 5.41) is 0. The van der Waals surface area contributed by atoms with Crippen molar-refractivity contribution in [3.05, 3.63) is 35.2 Å². The molecular weight excluding hydrogens is 210 g/mol. The molecular formula is C11H11NS2. The molecule has 2 aromatic rings. The lowest BCUT2D eigenvalue weighted by molar-refractivity contribution is 1.31. The molecule has 0 bridgehead atoms. The second-order valence-electron chi connectivity index (χ2n) is 2.95. The molecule has 0 N–H and O–H groups in total. The van der Waals surface area contributed by atoms with Gasteiger partial charge >= 0.3 is 0 Å². The van der Waals surface area contributed by atoms with Crippen LogP contribution in [0.3, 0.4) is 0 Å². The largest absolute Gasteiger partial charge is 0.229 e. The van der Waals surface area contributed by atoms with E-state index in [0.717, 1.165) is 9.86 Å². The zero-order valence-electron chi connectivity index (χ0n) is 8.15. The smallest absolute Gasteiger partial charge is 0.155 e. The first kappa shape index (κ1) is 9.74. The summed E-state index contributed by atoms with van der Waals surface area (Å²) in [4.78, 5) is 5.84. The molecule has 0 aliphatic carbocycles. The van der Waals surface area contributed by atoms with E-state index in [2.05, 4.69) is 43.1 Å². The number of para-hydroxylation sites is 1. The number of nitrogens with zero attached hydrogens (tertiary/aromatic N) is 1. The Morgan fingerprint density at radius 3 is 2.93 bits per heavy atom. The second kappa shape index (κ2) is 4.15. The zero-order chi connectivity index (χ0) is 9.97. The Morgan fingerprint density at radius 1 is 1.43 bits per heavy atom. The molecule has 72 valence electrons. The molecule has 14 heavy (non-hydrogen) atoms. The van der Waals surface area contributed by atoms with Crippen LogP contribution in [0.2, 0.25) is 0 Å². The van der Waals surface area contributed by atoms with Crippen LogP contribution < -0.4 is 0 Å². The lowest BCUT2D eigenvalue weighted by Crippen LogP contribution is -1.68. The molecule has 0 aliphatic rings. The summed E-state index contributed by atoms with van der Waals surface area (Å²) in [5.74, 6) is 0. The SMILES string of the molecule is CC=C(C)Sc1nc2ccccc2s1. The molecule has 0 atom stereocenters. The van der Waals surface area contributed by atoms with E-state index in [-0.39, 0.29) is 0 Å². The van der Waals surface area contributed by atoms with Crippen molar-refractivity contribution in [1.82, 2.24) is 4.98 Å². The first-order valence-electron chi connectivity index (χ1n) is 4.46. The van der Waals surface area contributed by atoms with E-state index in [1.807, 2.05) is 6.07 Å². The van der Waals surface area contributed by atoms with E-state index in [4.69, 9.17) is 0 Å². The fourth-order valence-corrected chi connectivity index (χ4v) is 3.16. The van der Waals surface area contributed by atoms with Crippen LogP contribution in [0.4, 0.5) is 0 Å². The summed E-state index contributed by atoms with van der Waals surface area (Å²) in [5.41, 5.74) is 1.10. The molecule has 1 aromatic carbocycles. The minimum atomic E-state index is 1.10. The molecule has 1 heterocycles. The number of hydrogen-bond donors (Lipinski definition) is 0. The van der Waals surface area contributed by atoms with Crippen molar-refractivity contribution in [2.45, 2.75) is 18.2 Å². The van der Waals surface area contributed by atoms with E-state index < -0.39 is 0 Å². The number of rotatable bonds is 2. The summed E-state index contributed by atoms with van der Waals surface area (Å²) in [7, 11) is 0. The molecule has 0 saturated heterocycles. The van der Waals surface area contributed by atoms with Gasteiger partial charge in [0.15, 0.2) is 4.34 Å². The van der Waals surface area contributed by atoms with E-state index in [0.29, 0.717) is 0 Å². The maximum Gasteiger partial charge on any atom is 0.155 e. The number of fused-ring (bicyclic) bond motifs is 1. The lowest BCUT2D eigenvalue weighted by Gasteiger charge is -1.92. The van der Waals surface area contributed by atoms with Gasteiger partial charge in [-0.2, -0.15) is 0 Å². The quantitative estimate of drug-likeness (QED) is 0.701. The fourth-order valence-electron chi connectivity index (χ4n) is 1.09. The topological polar surface area (TPSA) is 12.9 Å². The van der Waals surface area contributed by atoms with Gasteiger partial charge in [0.05, 0.1) is 10.2 Å². The van der Waals surface area contributed by atoms with E-state index in [1.54, 1.807) is 23.1 Å². The Bertz CT molecular complexity index is 438. The Balaban J connectivity index is 2.36. The van der Waals surface area contributed by atoms with Gasteiger partial charge in [0.25, 0.3) is 0 Å². The summed E-state index contributed by atoms with van der Waals surface area (Å²) in [6, 6.07) is 8.25. The Labute approximate surface area is 91.9 Å². The lowest BCUT2D eigenvalue weighted by atomic mass is 10.3. The maximum atomic E-state index is 4.54. The first-order valence-corrected chi connectivity index (χ1v) is 6.09. The van der Waals surface area contributed by atoms with Crippen LogP contribution in [0.1, 0.15) is 13.8 Å². The fraction of sp³-hybridized carbons (Fsp3) is 0.182. The molecule has 2 rings (SSSR count). The number of thiazole rings is 1. The monoisotopic (exact) mass is 221 g/mol. The van der Waals surface area contributed by atoms with Crippen LogP contribution >= 0.6 is 23.1 Å². The molecule has 0 spiro atoms. The second-order valence-corrected chi connectivity index (χ2v) is 5.47. The molecule has 0 radical (unpaired) electrons. The van der Waals surface area contributed by atoms with Gasteiger partial charge in [0, 0.05) is 0 Å². The van der Waals surface area contributed by atoms with Gasteiger partial charge in [-0.05, 0) is 30.9 Å². The predicted octanol–water partition coefficient (Wildman–Crippen LogP) is 4.31. The highest BCUT2D eigenvalue weighted by molar-refractivity contribution is 8.04. The van der Waals surface area contributed by atoms with Crippen LogP contribution in [0.5, 0.6) is 0 Å². The van der Waals surface area contributed by atoms with Crippen molar-refractivity contribution in [2.75, 3.05) is 0 Å². The molecule has 1 aromatic heterocycles. The summed E-state index contributed by atoms with van der Waals surface area (Å²) in [6.45, 7) is 4.16. The van der Waals surface area contributed by atoms with Gasteiger partial charge < -0.3 is 0 Å². The van der Waals surface area contributed by atoms with Crippen molar-refractivity contribution in [3.8, 4) is 0 Å². The Hall–Kier alpha value is -0.800. The minimum Gasteiger partial charge on any atom is -0.229 e. The van der Waals surface area contributed by atoms with Crippen molar-refractivity contribution >= 4 is 33.3 Å². The Morgan fingerprint density at radius 2 is 2.21 bits per heavy atom. The molecule has 0 unspecified atom stereocenters. The van der Waals surface area contributed by atoms with Gasteiger partial charge in [-0.15, -0.1) is 11.3 Å². The van der Waals surface area contributed by atoms with Gasteiger partial charge in [0.2, 0.25) is 0 Å². The molecule has 1 nitrogen and oxygen atoms in total. The molecule has 3 heteroatoms. The molecule has 0 fully saturated rings. The van der Waals surface area contributed by atoms with Crippen LogP contribution in [0, 0.1) is 0 Å². The highest BCUT2D eigenvalue weighted by Crippen LogP contribution is 2.33. The Kier molecular flexibility index (Phi) is 2.89. The predicted molar refractivity (Wildman–Crippen MR) is 64.9 cm³/mol. The van der Waals surface area contributed by atoms with Gasteiger partial charge in [-0.3, -0.25) is 0 Å². The van der Waals surface area contributed by atoms with Crippen LogP contribution in [0.25, 0.3) is 10.2 Å². The van der Waals surface area contributed by atoms with Crippen molar-refractivity contribution in [1.29, 1.82) is 0 Å². The average Bonchev–Trinajstić information content (AvgIpc) is 2.59. The molecule has 0 amide bonds. The van der Waals surface area contributed by atoms with Gasteiger partial charge in [-0.25, -0.2) is 4.98 Å². The summed E-state index contributed by atoms with van der Waals surface area (Å²) in [6.07, 6.45) is 2.11. The number of aromatic nitrogens is 1. The van der Waals surface area contributed by atoms with E-state index >= 15 is 0 Å². The zero-order valence-corrected chi connectivity index (χ0v) is 9.78. The molecule has 0 aliphatic heterocycles. The van der Waals surface area contributed by atoms with Crippen molar-refractivity contribution < 1.29 is 0 Å². The summed E-state index contributed by atoms with van der Waals surface area (Å²) >= 11 is 3.49. The van der Waals surface area contributed by atoms with Crippen molar-refractivity contribution in [2.24, 2.45) is 0 Å². The van der Waals surface area contributed by atoms with E-state index in [9.17, 15) is 0 Å². The minimum absolute atomic E-state index is 1.10. The molecule has 0 saturated carbocycles. The number of hydrogen-bond acceptors (Lipinski definition) is 3. The van der Waals surface area contributed by atoms with Crippen molar-refractivity contribution in [3.63, 3.8) is 0 Å². The van der Waals surface area contributed by atoms with Gasteiger partial charge in [-0.1, -0.05) is 30.0 Å². The number of thioether (sulfide) groups is 1. The van der Waals surface area contributed by atoms with E-state index in [1.165, 1.54) is 9.61 Å². The normalized spacial score (nSPS) is 12.3. The highest BCUT2D eigenvalue weighted by Gasteiger charge is 2.03. The average molecular weight is 221 g/mol. The van der Waals surface area contributed by atoms with Crippen LogP contribution in [-0.4, -0.2) is 4.98 Å². The third-order valence-corrected chi connectivity index (χ3v) is 4.08. The highest BCUT2D eigenvalue weighted by atomic mass is 32.2. The van der Waals surface area contributed by atoms with Crippen LogP contribution in [0.15, 0.2) is 39.6 Å². The first-order chi connectivity index (χ1) is 6.79. The number of allylic oxidation sites excluding steroid dienone is 2. The third kappa shape index (κ3) is 1.99. The maximum absolute atomic E-state index is 4.54. The standard InChI is InChI=1S/C11H11NS2/c1-3-8(2)13-11-12-9-6-4-5-7-10(9)14-11/h3-7H,1-2H3.